The van der Waals surface area contributed by atoms with Crippen LogP contribution in [0.1, 0.15) is 23.0 Å². The predicted molar refractivity (Wildman–Crippen MR) is 99.4 cm³/mol. The SMILES string of the molecule is CCOC(=O)c1cc2ccc(Br)cc2n1S(=O)(=O)c1ccc(C)cc1. The smallest absolute Gasteiger partial charge is 0.356 e. The van der Waals surface area contributed by atoms with E-state index in [1.165, 1.54) is 18.2 Å². The molecule has 0 radical (unpaired) electrons. The minimum atomic E-state index is -3.95. The van der Waals surface area contributed by atoms with Crippen molar-refractivity contribution in [2.75, 3.05) is 6.61 Å². The van der Waals surface area contributed by atoms with E-state index >= 15 is 0 Å². The van der Waals surface area contributed by atoms with Crippen molar-refractivity contribution in [1.82, 2.24) is 3.97 Å². The van der Waals surface area contributed by atoms with Crippen LogP contribution >= 0.6 is 15.9 Å². The van der Waals surface area contributed by atoms with Gasteiger partial charge in [-0.25, -0.2) is 17.2 Å². The molecule has 25 heavy (non-hydrogen) atoms. The maximum Gasteiger partial charge on any atom is 0.356 e. The second-order valence-electron chi connectivity index (χ2n) is 5.54. The zero-order chi connectivity index (χ0) is 18.2. The number of rotatable bonds is 4. The van der Waals surface area contributed by atoms with Crippen molar-refractivity contribution in [3.05, 3.63) is 64.3 Å². The first kappa shape index (κ1) is 17.7. The number of aromatic nitrogens is 1. The largest absolute Gasteiger partial charge is 0.461 e. The van der Waals surface area contributed by atoms with Crippen molar-refractivity contribution in [1.29, 1.82) is 0 Å². The highest BCUT2D eigenvalue weighted by atomic mass is 79.9. The van der Waals surface area contributed by atoms with Crippen molar-refractivity contribution >= 4 is 42.8 Å². The van der Waals surface area contributed by atoms with E-state index in [9.17, 15) is 13.2 Å². The van der Waals surface area contributed by atoms with Gasteiger partial charge in [0.05, 0.1) is 17.0 Å². The summed E-state index contributed by atoms with van der Waals surface area (Å²) < 4.78 is 33.2. The van der Waals surface area contributed by atoms with Gasteiger partial charge in [-0.15, -0.1) is 0 Å². The zero-order valence-electron chi connectivity index (χ0n) is 13.7. The molecule has 0 saturated heterocycles. The summed E-state index contributed by atoms with van der Waals surface area (Å²) in [4.78, 5) is 12.4. The molecule has 0 amide bonds. The summed E-state index contributed by atoms with van der Waals surface area (Å²) >= 11 is 3.35. The number of halogens is 1. The van der Waals surface area contributed by atoms with Gasteiger partial charge in [0, 0.05) is 9.86 Å². The lowest BCUT2D eigenvalue weighted by molar-refractivity contribution is 0.0518. The van der Waals surface area contributed by atoms with Crippen LogP contribution in [0.3, 0.4) is 0 Å². The lowest BCUT2D eigenvalue weighted by Crippen LogP contribution is -2.19. The minimum Gasteiger partial charge on any atom is -0.461 e. The molecule has 5 nitrogen and oxygen atoms in total. The first-order valence-corrected chi connectivity index (χ1v) is 9.88. The molecule has 0 fully saturated rings. The molecule has 0 aliphatic rings. The maximum absolute atomic E-state index is 13.2. The quantitative estimate of drug-likeness (QED) is 0.594. The number of hydrogen-bond acceptors (Lipinski definition) is 4. The van der Waals surface area contributed by atoms with Gasteiger partial charge in [-0.1, -0.05) is 39.7 Å². The molecule has 0 spiro atoms. The van der Waals surface area contributed by atoms with Crippen LogP contribution in [-0.4, -0.2) is 25.0 Å². The lowest BCUT2D eigenvalue weighted by atomic mass is 10.2. The molecule has 0 aliphatic carbocycles. The standard InChI is InChI=1S/C18H16BrNO4S/c1-3-24-18(21)17-10-13-6-7-14(19)11-16(13)20(17)25(22,23)15-8-4-12(2)5-9-15/h4-11H,3H2,1-2H3. The molecule has 1 heterocycles. The Bertz CT molecular complexity index is 1050. The molecule has 0 N–H and O–H groups in total. The molecule has 2 aromatic carbocycles. The summed E-state index contributed by atoms with van der Waals surface area (Å²) in [6.45, 7) is 3.72. The summed E-state index contributed by atoms with van der Waals surface area (Å²) in [5.41, 5.74) is 1.35. The molecule has 0 saturated carbocycles. The van der Waals surface area contributed by atoms with Crippen LogP contribution in [0.15, 0.2) is 57.9 Å². The lowest BCUT2D eigenvalue weighted by Gasteiger charge is -2.12. The second kappa shape index (κ2) is 6.65. The van der Waals surface area contributed by atoms with Crippen LogP contribution < -0.4 is 0 Å². The van der Waals surface area contributed by atoms with Gasteiger partial charge in [-0.3, -0.25) is 0 Å². The average molecular weight is 422 g/mol. The number of hydrogen-bond donors (Lipinski definition) is 0. The molecule has 0 atom stereocenters. The Morgan fingerprint density at radius 1 is 1.12 bits per heavy atom. The number of nitrogens with zero attached hydrogens (tertiary/aromatic N) is 1. The Labute approximate surface area is 154 Å². The molecule has 3 rings (SSSR count). The van der Waals surface area contributed by atoms with E-state index in [2.05, 4.69) is 15.9 Å². The van der Waals surface area contributed by atoms with Gasteiger partial charge >= 0.3 is 5.97 Å². The van der Waals surface area contributed by atoms with Gasteiger partial charge in [0.25, 0.3) is 10.0 Å². The molecule has 0 unspecified atom stereocenters. The van der Waals surface area contributed by atoms with Crippen molar-refractivity contribution in [3.63, 3.8) is 0 Å². The maximum atomic E-state index is 13.2. The van der Waals surface area contributed by atoms with E-state index < -0.39 is 16.0 Å². The fraction of sp³-hybridized carbons (Fsp3) is 0.167. The van der Waals surface area contributed by atoms with Crippen LogP contribution in [0.25, 0.3) is 10.9 Å². The van der Waals surface area contributed by atoms with Crippen molar-refractivity contribution in [2.45, 2.75) is 18.7 Å². The zero-order valence-corrected chi connectivity index (χ0v) is 16.1. The van der Waals surface area contributed by atoms with Gasteiger partial charge in [-0.2, -0.15) is 0 Å². The third kappa shape index (κ3) is 3.21. The molecular formula is C18H16BrNO4S. The first-order valence-electron chi connectivity index (χ1n) is 7.65. The summed E-state index contributed by atoms with van der Waals surface area (Å²) in [7, 11) is -3.95. The number of aryl methyl sites for hydroxylation is 1. The van der Waals surface area contributed by atoms with Crippen molar-refractivity contribution in [2.24, 2.45) is 0 Å². The monoisotopic (exact) mass is 421 g/mol. The van der Waals surface area contributed by atoms with Gasteiger partial charge in [0.1, 0.15) is 5.69 Å². The molecule has 0 aliphatic heterocycles. The molecular weight excluding hydrogens is 406 g/mol. The van der Waals surface area contributed by atoms with Crippen LogP contribution in [0.2, 0.25) is 0 Å². The third-order valence-electron chi connectivity index (χ3n) is 3.77. The van der Waals surface area contributed by atoms with E-state index in [-0.39, 0.29) is 17.2 Å². The summed E-state index contributed by atoms with van der Waals surface area (Å²) in [5.74, 6) is -0.675. The highest BCUT2D eigenvalue weighted by Crippen LogP contribution is 2.28. The number of esters is 1. The fourth-order valence-electron chi connectivity index (χ4n) is 2.57. The number of benzene rings is 2. The Morgan fingerprint density at radius 3 is 2.44 bits per heavy atom. The van der Waals surface area contributed by atoms with Gasteiger partial charge in [-0.05, 0) is 44.2 Å². The van der Waals surface area contributed by atoms with Crippen LogP contribution in [-0.2, 0) is 14.8 Å². The van der Waals surface area contributed by atoms with Crippen LogP contribution in [0.5, 0.6) is 0 Å². The highest BCUT2D eigenvalue weighted by molar-refractivity contribution is 9.10. The predicted octanol–water partition coefficient (Wildman–Crippen LogP) is 4.13. The Balaban J connectivity index is 2.32. The van der Waals surface area contributed by atoms with E-state index in [1.807, 2.05) is 6.92 Å². The Kier molecular flexibility index (Phi) is 4.71. The van der Waals surface area contributed by atoms with E-state index in [0.29, 0.717) is 15.4 Å². The van der Waals surface area contributed by atoms with Crippen molar-refractivity contribution in [3.8, 4) is 0 Å². The van der Waals surface area contributed by atoms with E-state index in [0.717, 1.165) is 9.54 Å². The Morgan fingerprint density at radius 2 is 1.80 bits per heavy atom. The minimum absolute atomic E-state index is 0.0180. The Hall–Kier alpha value is -2.12. The molecule has 130 valence electrons. The summed E-state index contributed by atoms with van der Waals surface area (Å²) in [6, 6.07) is 13.3. The van der Waals surface area contributed by atoms with E-state index in [4.69, 9.17) is 4.74 Å². The second-order valence-corrected chi connectivity index (χ2v) is 8.24. The summed E-state index contributed by atoms with van der Waals surface area (Å²) in [6.07, 6.45) is 0. The van der Waals surface area contributed by atoms with Crippen LogP contribution in [0.4, 0.5) is 0 Å². The molecule has 3 aromatic rings. The molecule has 1 aromatic heterocycles. The van der Waals surface area contributed by atoms with Crippen molar-refractivity contribution < 1.29 is 17.9 Å². The van der Waals surface area contributed by atoms with Gasteiger partial charge < -0.3 is 4.74 Å². The van der Waals surface area contributed by atoms with Gasteiger partial charge in [0.2, 0.25) is 0 Å². The van der Waals surface area contributed by atoms with Crippen LogP contribution in [0, 0.1) is 6.92 Å². The van der Waals surface area contributed by atoms with Gasteiger partial charge in [0.15, 0.2) is 0 Å². The van der Waals surface area contributed by atoms with E-state index in [1.54, 1.807) is 37.3 Å². The average Bonchev–Trinajstić information content (AvgIpc) is 2.95. The first-order chi connectivity index (χ1) is 11.8. The normalized spacial score (nSPS) is 11.6. The molecule has 0 bridgehead atoms. The summed E-state index contributed by atoms with van der Waals surface area (Å²) in [5, 5.41) is 0.641. The topological polar surface area (TPSA) is 65.4 Å². The fourth-order valence-corrected chi connectivity index (χ4v) is 4.42. The molecule has 7 heteroatoms. The number of carbonyl (C=O) groups is 1. The number of fused-ring (bicyclic) bond motifs is 1. The highest BCUT2D eigenvalue weighted by Gasteiger charge is 2.27. The third-order valence-corrected chi connectivity index (χ3v) is 6.00. The number of ether oxygens (including phenoxy) is 1. The number of carbonyl (C=O) groups excluding carboxylic acids is 1.